The number of hydrogen-bond acceptors (Lipinski definition) is 6. The van der Waals surface area contributed by atoms with Crippen molar-refractivity contribution in [2.75, 3.05) is 13.7 Å². The van der Waals surface area contributed by atoms with Gasteiger partial charge in [0.1, 0.15) is 30.3 Å². The van der Waals surface area contributed by atoms with Crippen LogP contribution in [-0.2, 0) is 18.9 Å². The normalized spacial score (nSPS) is 32.5. The van der Waals surface area contributed by atoms with E-state index in [9.17, 15) is 0 Å². The molecule has 2 aromatic heterocycles. The van der Waals surface area contributed by atoms with E-state index < -0.39 is 5.79 Å². The highest BCUT2D eigenvalue weighted by atomic mass is 16.8. The van der Waals surface area contributed by atoms with Gasteiger partial charge in [-0.1, -0.05) is 0 Å². The van der Waals surface area contributed by atoms with Crippen LogP contribution in [0.4, 0.5) is 0 Å². The summed E-state index contributed by atoms with van der Waals surface area (Å²) in [6.45, 7) is 6.28. The molecule has 2 aliphatic heterocycles. The van der Waals surface area contributed by atoms with Crippen LogP contribution in [0, 0.1) is 6.92 Å². The Morgan fingerprint density at radius 2 is 2.04 bits per heavy atom. The van der Waals surface area contributed by atoms with E-state index in [1.807, 2.05) is 37.6 Å². The van der Waals surface area contributed by atoms with E-state index >= 15 is 0 Å². The first kappa shape index (κ1) is 15.0. The topological polar surface area (TPSA) is 67.6 Å². The predicted octanol–water partition coefficient (Wildman–Crippen LogP) is 1.80. The zero-order chi connectivity index (χ0) is 16.2. The first-order chi connectivity index (χ1) is 11.0. The zero-order valence-corrected chi connectivity index (χ0v) is 13.7. The van der Waals surface area contributed by atoms with Crippen LogP contribution < -0.4 is 0 Å². The predicted molar refractivity (Wildman–Crippen MR) is 81.9 cm³/mol. The van der Waals surface area contributed by atoms with Crippen molar-refractivity contribution in [2.45, 2.75) is 51.1 Å². The summed E-state index contributed by atoms with van der Waals surface area (Å²) < 4.78 is 25.6. The number of ether oxygens (including phenoxy) is 4. The van der Waals surface area contributed by atoms with Crippen molar-refractivity contribution in [1.82, 2.24) is 14.5 Å². The maximum absolute atomic E-state index is 6.18. The van der Waals surface area contributed by atoms with Crippen LogP contribution in [-0.4, -0.2) is 52.4 Å². The number of methoxy groups -OCH3 is 1. The average Bonchev–Trinajstić information content (AvgIpc) is 3.13. The summed E-state index contributed by atoms with van der Waals surface area (Å²) in [7, 11) is 1.66. The third kappa shape index (κ3) is 2.35. The highest BCUT2D eigenvalue weighted by Gasteiger charge is 2.56. The molecule has 4 atom stereocenters. The van der Waals surface area contributed by atoms with Crippen LogP contribution in [0.3, 0.4) is 0 Å². The number of nitrogens with zero attached hydrogens (tertiary/aromatic N) is 3. The van der Waals surface area contributed by atoms with Gasteiger partial charge in [-0.05, 0) is 26.8 Å². The lowest BCUT2D eigenvalue weighted by atomic mass is 10.1. The van der Waals surface area contributed by atoms with E-state index in [0.717, 1.165) is 16.7 Å². The molecule has 2 aliphatic rings. The van der Waals surface area contributed by atoms with E-state index in [1.54, 1.807) is 13.4 Å². The fraction of sp³-hybridized carbons (Fsp3) is 0.625. The second-order valence-electron chi connectivity index (χ2n) is 6.50. The van der Waals surface area contributed by atoms with Crippen molar-refractivity contribution in [3.63, 3.8) is 0 Å². The van der Waals surface area contributed by atoms with E-state index in [2.05, 4.69) is 9.97 Å². The fourth-order valence-electron chi connectivity index (χ4n) is 3.48. The summed E-state index contributed by atoms with van der Waals surface area (Å²) in [6, 6.07) is 2.01. The van der Waals surface area contributed by atoms with Crippen molar-refractivity contribution in [3.05, 3.63) is 24.3 Å². The summed E-state index contributed by atoms with van der Waals surface area (Å²) >= 11 is 0. The minimum Gasteiger partial charge on any atom is -0.382 e. The molecule has 0 amide bonds. The molecule has 0 radical (unpaired) electrons. The molecule has 23 heavy (non-hydrogen) atoms. The Balaban J connectivity index is 1.74. The standard InChI is InChI=1S/C16H21N3O4/c1-9-10-5-6-19(14(10)18-8-17-9)15-13-12(11(21-15)7-20-4)22-16(2,3)23-13/h5-6,8,11-13,15H,7H2,1-4H3/t11-,12-,13-,15-/m1/s1. The molecule has 0 bridgehead atoms. The fourth-order valence-corrected chi connectivity index (χ4v) is 3.48. The molecule has 2 saturated heterocycles. The Morgan fingerprint density at radius 3 is 2.83 bits per heavy atom. The van der Waals surface area contributed by atoms with Gasteiger partial charge in [0.15, 0.2) is 12.0 Å². The molecular formula is C16H21N3O4. The van der Waals surface area contributed by atoms with Gasteiger partial charge in [-0.3, -0.25) is 0 Å². The molecule has 2 aromatic rings. The molecule has 4 rings (SSSR count). The number of aryl methyl sites for hydroxylation is 1. The monoisotopic (exact) mass is 319 g/mol. The molecule has 0 unspecified atom stereocenters. The van der Waals surface area contributed by atoms with Crippen LogP contribution in [0.2, 0.25) is 0 Å². The maximum Gasteiger partial charge on any atom is 0.164 e. The highest BCUT2D eigenvalue weighted by Crippen LogP contribution is 2.43. The van der Waals surface area contributed by atoms with Crippen molar-refractivity contribution in [2.24, 2.45) is 0 Å². The van der Waals surface area contributed by atoms with Crippen LogP contribution in [0.5, 0.6) is 0 Å². The number of fused-ring (bicyclic) bond motifs is 2. The lowest BCUT2D eigenvalue weighted by Crippen LogP contribution is -2.32. The van der Waals surface area contributed by atoms with Gasteiger partial charge in [-0.25, -0.2) is 9.97 Å². The highest BCUT2D eigenvalue weighted by molar-refractivity contribution is 5.78. The van der Waals surface area contributed by atoms with E-state index in [1.165, 1.54) is 0 Å². The van der Waals surface area contributed by atoms with E-state index in [0.29, 0.717) is 6.61 Å². The van der Waals surface area contributed by atoms with Crippen molar-refractivity contribution in [3.8, 4) is 0 Å². The van der Waals surface area contributed by atoms with E-state index in [-0.39, 0.29) is 24.5 Å². The average molecular weight is 319 g/mol. The molecule has 7 heteroatoms. The van der Waals surface area contributed by atoms with Gasteiger partial charge in [0.2, 0.25) is 0 Å². The maximum atomic E-state index is 6.18. The molecule has 2 fully saturated rings. The van der Waals surface area contributed by atoms with Crippen molar-refractivity contribution in [1.29, 1.82) is 0 Å². The molecule has 4 heterocycles. The third-order valence-electron chi connectivity index (χ3n) is 4.44. The van der Waals surface area contributed by atoms with Gasteiger partial charge in [-0.2, -0.15) is 0 Å². The number of aromatic nitrogens is 3. The molecule has 7 nitrogen and oxygen atoms in total. The SMILES string of the molecule is COC[C@H]1O[C@@H](n2ccc3c(C)ncnc32)[C@@H]2OC(C)(C)O[C@@H]21. The van der Waals surface area contributed by atoms with Crippen LogP contribution >= 0.6 is 0 Å². The second kappa shape index (κ2) is 5.24. The van der Waals surface area contributed by atoms with Gasteiger partial charge in [0.25, 0.3) is 0 Å². The Kier molecular flexibility index (Phi) is 3.42. The largest absolute Gasteiger partial charge is 0.382 e. The smallest absolute Gasteiger partial charge is 0.164 e. The van der Waals surface area contributed by atoms with E-state index in [4.69, 9.17) is 18.9 Å². The minimum atomic E-state index is -0.628. The van der Waals surface area contributed by atoms with Gasteiger partial charge in [0, 0.05) is 18.7 Å². The molecular weight excluding hydrogens is 298 g/mol. The van der Waals surface area contributed by atoms with Crippen LogP contribution in [0.25, 0.3) is 11.0 Å². The Labute approximate surface area is 134 Å². The molecule has 0 saturated carbocycles. The summed E-state index contributed by atoms with van der Waals surface area (Å²) in [5.41, 5.74) is 1.79. The van der Waals surface area contributed by atoms with Crippen LogP contribution in [0.1, 0.15) is 25.8 Å². The molecule has 0 aliphatic carbocycles. The third-order valence-corrected chi connectivity index (χ3v) is 4.44. The Morgan fingerprint density at radius 1 is 1.26 bits per heavy atom. The minimum absolute atomic E-state index is 0.157. The summed E-state index contributed by atoms with van der Waals surface area (Å²) in [4.78, 5) is 8.65. The number of rotatable bonds is 3. The van der Waals surface area contributed by atoms with Crippen LogP contribution in [0.15, 0.2) is 18.6 Å². The van der Waals surface area contributed by atoms with Gasteiger partial charge >= 0.3 is 0 Å². The number of hydrogen-bond donors (Lipinski definition) is 0. The summed E-state index contributed by atoms with van der Waals surface area (Å²) in [6.07, 6.45) is 2.72. The molecule has 0 spiro atoms. The summed E-state index contributed by atoms with van der Waals surface area (Å²) in [5.74, 6) is -0.628. The Hall–Kier alpha value is -1.54. The van der Waals surface area contributed by atoms with Gasteiger partial charge in [-0.15, -0.1) is 0 Å². The first-order valence-corrected chi connectivity index (χ1v) is 7.78. The van der Waals surface area contributed by atoms with Gasteiger partial charge in [0.05, 0.1) is 12.3 Å². The molecule has 0 N–H and O–H groups in total. The van der Waals surface area contributed by atoms with Gasteiger partial charge < -0.3 is 23.5 Å². The molecule has 0 aromatic carbocycles. The first-order valence-electron chi connectivity index (χ1n) is 7.78. The quantitative estimate of drug-likeness (QED) is 0.859. The van der Waals surface area contributed by atoms with Crippen molar-refractivity contribution < 1.29 is 18.9 Å². The zero-order valence-electron chi connectivity index (χ0n) is 13.7. The Bertz CT molecular complexity index is 729. The lowest BCUT2D eigenvalue weighted by Gasteiger charge is -2.24. The second-order valence-corrected chi connectivity index (χ2v) is 6.50. The van der Waals surface area contributed by atoms with Crippen molar-refractivity contribution >= 4 is 11.0 Å². The lowest BCUT2D eigenvalue weighted by molar-refractivity contribution is -0.200. The summed E-state index contributed by atoms with van der Waals surface area (Å²) in [5, 5.41) is 1.01. The molecule has 124 valence electrons.